The first-order valence-corrected chi connectivity index (χ1v) is 24.3. The standard InChI is InChI=1S/C47H85O9P/c1-3-5-7-9-11-13-15-17-19-20-21-22-23-24-25-27-29-31-33-35-37-39-47(50)56-46(44-55-57(51,52)54-42-45(49)41-48)43-53-40-38-36-34-32-30-28-26-18-16-14-12-10-8-6-4-2/h10,12,15-18,20-21,23-24,45-46,48-49H,3-9,11,13-14,19,22,25-44H2,1-2H3,(H,51,52)/b12-10-,17-15-,18-16-,21-20-,24-23-. The van der Waals surface area contributed by atoms with Crippen LogP contribution in [0, 0.1) is 0 Å². The van der Waals surface area contributed by atoms with Crippen molar-refractivity contribution in [3.63, 3.8) is 0 Å². The number of allylic oxidation sites excluding steroid dienone is 10. The summed E-state index contributed by atoms with van der Waals surface area (Å²) in [6.45, 7) is 3.42. The van der Waals surface area contributed by atoms with E-state index >= 15 is 0 Å². The molecule has 0 aliphatic carbocycles. The normalized spacial score (nSPS) is 14.5. The number of aliphatic hydroxyl groups is 2. The number of aliphatic hydroxyl groups excluding tert-OH is 2. The highest BCUT2D eigenvalue weighted by Gasteiger charge is 2.26. The molecule has 0 saturated heterocycles. The molecular formula is C47H85O9P. The lowest BCUT2D eigenvalue weighted by molar-refractivity contribution is -0.154. The van der Waals surface area contributed by atoms with E-state index in [1.165, 1.54) is 83.5 Å². The molecule has 0 radical (unpaired) electrons. The molecule has 0 aromatic heterocycles. The fraction of sp³-hybridized carbons (Fsp3) is 0.766. The predicted molar refractivity (Wildman–Crippen MR) is 237 cm³/mol. The number of ether oxygens (including phenoxy) is 2. The third kappa shape index (κ3) is 43.6. The third-order valence-corrected chi connectivity index (χ3v) is 10.4. The van der Waals surface area contributed by atoms with Gasteiger partial charge in [-0.05, 0) is 77.0 Å². The van der Waals surface area contributed by atoms with Crippen molar-refractivity contribution in [3.8, 4) is 0 Å². The van der Waals surface area contributed by atoms with Gasteiger partial charge in [-0.25, -0.2) is 4.57 Å². The number of phosphoric ester groups is 1. The van der Waals surface area contributed by atoms with Crippen molar-refractivity contribution < 1.29 is 43.0 Å². The summed E-state index contributed by atoms with van der Waals surface area (Å²) < 4.78 is 33.4. The van der Waals surface area contributed by atoms with Crippen LogP contribution in [0.5, 0.6) is 0 Å². The minimum Gasteiger partial charge on any atom is -0.457 e. The summed E-state index contributed by atoms with van der Waals surface area (Å²) in [5.41, 5.74) is 0. The summed E-state index contributed by atoms with van der Waals surface area (Å²) >= 11 is 0. The molecule has 0 bridgehead atoms. The summed E-state index contributed by atoms with van der Waals surface area (Å²) in [4.78, 5) is 22.6. The van der Waals surface area contributed by atoms with Gasteiger partial charge in [0.15, 0.2) is 0 Å². The SMILES string of the molecule is CCCC/C=C\C/C=C\CCCCCCCCOCC(COP(=O)(O)OCC(O)CO)OC(=O)CCCCCCCC/C=C\C/C=C\C/C=C\CCCCCCC. The Bertz CT molecular complexity index is 1070. The van der Waals surface area contributed by atoms with Gasteiger partial charge in [0.1, 0.15) is 12.2 Å². The van der Waals surface area contributed by atoms with E-state index in [0.29, 0.717) is 13.0 Å². The monoisotopic (exact) mass is 825 g/mol. The zero-order valence-corrected chi connectivity index (χ0v) is 37.2. The fourth-order valence-corrected chi connectivity index (χ4v) is 6.70. The zero-order chi connectivity index (χ0) is 41.8. The molecule has 10 heteroatoms. The maximum Gasteiger partial charge on any atom is 0.472 e. The molecule has 0 aromatic rings. The highest BCUT2D eigenvalue weighted by atomic mass is 31.2. The van der Waals surface area contributed by atoms with Crippen molar-refractivity contribution >= 4 is 13.8 Å². The average Bonchev–Trinajstić information content (AvgIpc) is 3.20. The van der Waals surface area contributed by atoms with Crippen LogP contribution in [0.1, 0.15) is 187 Å². The lowest BCUT2D eigenvalue weighted by Crippen LogP contribution is -2.29. The van der Waals surface area contributed by atoms with Crippen molar-refractivity contribution in [2.45, 2.75) is 199 Å². The fourth-order valence-electron chi connectivity index (χ4n) is 5.91. The second-order valence-corrected chi connectivity index (χ2v) is 16.5. The van der Waals surface area contributed by atoms with Gasteiger partial charge in [0.25, 0.3) is 0 Å². The van der Waals surface area contributed by atoms with Crippen LogP contribution in [0.25, 0.3) is 0 Å². The van der Waals surface area contributed by atoms with E-state index in [1.807, 2.05) is 0 Å². The van der Waals surface area contributed by atoms with E-state index in [9.17, 15) is 19.4 Å². The lowest BCUT2D eigenvalue weighted by Gasteiger charge is -2.20. The molecule has 0 rings (SSSR count). The summed E-state index contributed by atoms with van der Waals surface area (Å²) in [6, 6.07) is 0. The first-order valence-electron chi connectivity index (χ1n) is 22.8. The van der Waals surface area contributed by atoms with E-state index in [0.717, 1.165) is 77.0 Å². The Morgan fingerprint density at radius 1 is 0.544 bits per heavy atom. The number of hydrogen-bond acceptors (Lipinski definition) is 8. The molecule has 0 saturated carbocycles. The van der Waals surface area contributed by atoms with Gasteiger partial charge < -0.3 is 24.6 Å². The summed E-state index contributed by atoms with van der Waals surface area (Å²) in [6.07, 6.45) is 50.3. The van der Waals surface area contributed by atoms with Crippen LogP contribution in [0.2, 0.25) is 0 Å². The number of unbranched alkanes of at least 4 members (excludes halogenated alkanes) is 19. The smallest absolute Gasteiger partial charge is 0.457 e. The van der Waals surface area contributed by atoms with Crippen LogP contribution in [-0.4, -0.2) is 66.3 Å². The van der Waals surface area contributed by atoms with Crippen LogP contribution in [0.3, 0.4) is 0 Å². The third-order valence-electron chi connectivity index (χ3n) is 9.43. The molecule has 0 spiro atoms. The quantitative estimate of drug-likeness (QED) is 0.0238. The largest absolute Gasteiger partial charge is 0.472 e. The maximum atomic E-state index is 12.6. The van der Waals surface area contributed by atoms with Gasteiger partial charge in [0.2, 0.25) is 0 Å². The van der Waals surface area contributed by atoms with Gasteiger partial charge in [0, 0.05) is 13.0 Å². The van der Waals surface area contributed by atoms with Crippen LogP contribution in [0.15, 0.2) is 60.8 Å². The highest BCUT2D eigenvalue weighted by Crippen LogP contribution is 2.43. The van der Waals surface area contributed by atoms with E-state index in [1.54, 1.807) is 0 Å². The molecule has 0 aliphatic heterocycles. The second-order valence-electron chi connectivity index (χ2n) is 15.1. The molecule has 0 heterocycles. The van der Waals surface area contributed by atoms with Gasteiger partial charge in [-0.15, -0.1) is 0 Å². The number of phosphoric acid groups is 1. The minimum atomic E-state index is -4.53. The van der Waals surface area contributed by atoms with E-state index in [2.05, 4.69) is 74.6 Å². The number of esters is 1. The Hall–Kier alpha value is -1.84. The molecule has 0 aliphatic rings. The van der Waals surface area contributed by atoms with E-state index < -0.39 is 39.2 Å². The molecule has 0 amide bonds. The lowest BCUT2D eigenvalue weighted by atomic mass is 10.1. The van der Waals surface area contributed by atoms with Gasteiger partial charge in [-0.1, -0.05) is 164 Å². The van der Waals surface area contributed by atoms with Crippen molar-refractivity contribution in [2.75, 3.05) is 33.0 Å². The van der Waals surface area contributed by atoms with Crippen molar-refractivity contribution in [2.24, 2.45) is 0 Å². The molecule has 0 aromatic carbocycles. The summed E-state index contributed by atoms with van der Waals surface area (Å²) in [7, 11) is -4.53. The van der Waals surface area contributed by atoms with Gasteiger partial charge >= 0.3 is 13.8 Å². The summed E-state index contributed by atoms with van der Waals surface area (Å²) in [5, 5.41) is 18.4. The molecule has 57 heavy (non-hydrogen) atoms. The average molecular weight is 825 g/mol. The Kier molecular flexibility index (Phi) is 42.3. The van der Waals surface area contributed by atoms with Crippen molar-refractivity contribution in [3.05, 3.63) is 60.8 Å². The molecule has 3 atom stereocenters. The first-order chi connectivity index (χ1) is 27.8. The van der Waals surface area contributed by atoms with Gasteiger partial charge in [0.05, 0.1) is 26.4 Å². The zero-order valence-electron chi connectivity index (χ0n) is 36.3. The molecule has 0 fully saturated rings. The van der Waals surface area contributed by atoms with E-state index in [4.69, 9.17) is 23.6 Å². The van der Waals surface area contributed by atoms with Gasteiger partial charge in [-0.2, -0.15) is 0 Å². The number of carbonyl (C=O) groups excluding carboxylic acids is 1. The second kappa shape index (κ2) is 43.7. The number of carbonyl (C=O) groups is 1. The highest BCUT2D eigenvalue weighted by molar-refractivity contribution is 7.47. The van der Waals surface area contributed by atoms with Crippen LogP contribution in [0.4, 0.5) is 0 Å². The summed E-state index contributed by atoms with van der Waals surface area (Å²) in [5.74, 6) is -0.400. The number of hydrogen-bond donors (Lipinski definition) is 3. The van der Waals surface area contributed by atoms with Gasteiger partial charge in [-0.3, -0.25) is 13.8 Å². The van der Waals surface area contributed by atoms with Crippen molar-refractivity contribution in [1.82, 2.24) is 0 Å². The molecule has 9 nitrogen and oxygen atoms in total. The van der Waals surface area contributed by atoms with Crippen LogP contribution < -0.4 is 0 Å². The molecule has 3 unspecified atom stereocenters. The van der Waals surface area contributed by atoms with E-state index in [-0.39, 0.29) is 19.6 Å². The van der Waals surface area contributed by atoms with Crippen LogP contribution in [-0.2, 0) is 27.9 Å². The number of rotatable bonds is 43. The maximum absolute atomic E-state index is 12.6. The Morgan fingerprint density at radius 2 is 0.965 bits per heavy atom. The Morgan fingerprint density at radius 3 is 1.47 bits per heavy atom. The molecule has 332 valence electrons. The minimum absolute atomic E-state index is 0.0342. The van der Waals surface area contributed by atoms with Crippen LogP contribution >= 0.6 is 7.82 Å². The predicted octanol–water partition coefficient (Wildman–Crippen LogP) is 12.8. The van der Waals surface area contributed by atoms with Crippen molar-refractivity contribution in [1.29, 1.82) is 0 Å². The molecule has 3 N–H and O–H groups in total. The Balaban J connectivity index is 4.20. The molecular weight excluding hydrogens is 739 g/mol. The first kappa shape index (κ1) is 55.2. The topological polar surface area (TPSA) is 132 Å². The Labute approximate surface area is 349 Å².